The molecule has 1 aromatic carbocycles. The molecule has 1 atom stereocenters. The highest BCUT2D eigenvalue weighted by Gasteiger charge is 2.36. The largest absolute Gasteiger partial charge is 0.464 e. The average Bonchev–Trinajstić information content (AvgIpc) is 2.95. The second-order valence-corrected chi connectivity index (χ2v) is 6.70. The number of fused-ring (bicyclic) bond motifs is 1. The van der Waals surface area contributed by atoms with Crippen molar-refractivity contribution in [1.82, 2.24) is 20.1 Å². The smallest absolute Gasteiger partial charge is 0.417 e. The van der Waals surface area contributed by atoms with Gasteiger partial charge in [-0.15, -0.1) is 0 Å². The van der Waals surface area contributed by atoms with Gasteiger partial charge in [0.25, 0.3) is 5.91 Å². The van der Waals surface area contributed by atoms with Crippen molar-refractivity contribution in [3.63, 3.8) is 0 Å². The van der Waals surface area contributed by atoms with Crippen LogP contribution in [0.5, 0.6) is 5.88 Å². The SMILES string of the molecule is Cc1nn(C)c2nc(OC(C)C(=O)NCCc3ccccc3)cc(C(F)(F)F)c12. The predicted molar refractivity (Wildman–Crippen MR) is 101 cm³/mol. The molecule has 0 spiro atoms. The first-order chi connectivity index (χ1) is 13.7. The normalized spacial score (nSPS) is 12.8. The molecule has 2 heterocycles. The number of benzene rings is 1. The summed E-state index contributed by atoms with van der Waals surface area (Å²) in [6.07, 6.45) is -4.98. The van der Waals surface area contributed by atoms with Crippen LogP contribution in [0.15, 0.2) is 36.4 Å². The summed E-state index contributed by atoms with van der Waals surface area (Å²) in [5, 5.41) is 6.65. The molecule has 0 saturated heterocycles. The second kappa shape index (κ2) is 8.10. The summed E-state index contributed by atoms with van der Waals surface area (Å²) < 4.78 is 47.2. The van der Waals surface area contributed by atoms with Crippen molar-refractivity contribution in [2.75, 3.05) is 6.54 Å². The van der Waals surface area contributed by atoms with Gasteiger partial charge in [-0.25, -0.2) is 0 Å². The number of hydrogen-bond acceptors (Lipinski definition) is 4. The summed E-state index contributed by atoms with van der Waals surface area (Å²) in [6, 6.07) is 10.4. The summed E-state index contributed by atoms with van der Waals surface area (Å²) in [4.78, 5) is 16.4. The van der Waals surface area contributed by atoms with Gasteiger partial charge in [0.05, 0.1) is 16.6 Å². The number of nitrogens with one attached hydrogen (secondary N) is 1. The zero-order valence-corrected chi connectivity index (χ0v) is 16.2. The van der Waals surface area contributed by atoms with Crippen LogP contribution >= 0.6 is 0 Å². The van der Waals surface area contributed by atoms with Gasteiger partial charge in [0, 0.05) is 19.7 Å². The van der Waals surface area contributed by atoms with Crippen molar-refractivity contribution in [3.05, 3.63) is 53.2 Å². The molecular formula is C20H21F3N4O2. The lowest BCUT2D eigenvalue weighted by molar-refractivity contribution is -0.136. The van der Waals surface area contributed by atoms with Crippen molar-refractivity contribution in [2.45, 2.75) is 32.5 Å². The fraction of sp³-hybridized carbons (Fsp3) is 0.350. The fourth-order valence-electron chi connectivity index (χ4n) is 3.06. The minimum absolute atomic E-state index is 0.0454. The van der Waals surface area contributed by atoms with E-state index in [1.165, 1.54) is 25.6 Å². The molecule has 154 valence electrons. The Balaban J connectivity index is 1.73. The third-order valence-electron chi connectivity index (χ3n) is 4.47. The molecule has 0 aliphatic heterocycles. The Bertz CT molecular complexity index is 1020. The molecule has 1 amide bonds. The number of aromatic nitrogens is 3. The van der Waals surface area contributed by atoms with E-state index in [1.807, 2.05) is 30.3 Å². The minimum Gasteiger partial charge on any atom is -0.464 e. The molecule has 1 N–H and O–H groups in total. The molecule has 0 saturated carbocycles. The van der Waals surface area contributed by atoms with Gasteiger partial charge in [0.15, 0.2) is 11.8 Å². The highest BCUT2D eigenvalue weighted by atomic mass is 19.4. The van der Waals surface area contributed by atoms with E-state index >= 15 is 0 Å². The van der Waals surface area contributed by atoms with Crippen molar-refractivity contribution < 1.29 is 22.7 Å². The third-order valence-corrected chi connectivity index (χ3v) is 4.47. The summed E-state index contributed by atoms with van der Waals surface area (Å²) in [7, 11) is 1.51. The molecule has 9 heteroatoms. The van der Waals surface area contributed by atoms with Gasteiger partial charge in [-0.2, -0.15) is 23.3 Å². The Hall–Kier alpha value is -3.10. The minimum atomic E-state index is -4.60. The van der Waals surface area contributed by atoms with Crippen LogP contribution in [0.4, 0.5) is 13.2 Å². The van der Waals surface area contributed by atoms with E-state index in [0.29, 0.717) is 13.0 Å². The number of hydrogen-bond donors (Lipinski definition) is 1. The maximum absolute atomic E-state index is 13.5. The number of pyridine rings is 1. The van der Waals surface area contributed by atoms with Crippen LogP contribution in [-0.2, 0) is 24.4 Å². The number of amides is 1. The van der Waals surface area contributed by atoms with Crippen LogP contribution in [0.25, 0.3) is 11.0 Å². The Morgan fingerprint density at radius 3 is 2.62 bits per heavy atom. The number of nitrogens with zero attached hydrogens (tertiary/aromatic N) is 3. The van der Waals surface area contributed by atoms with Crippen LogP contribution in [0.1, 0.15) is 23.7 Å². The first kappa shape index (κ1) is 20.6. The quantitative estimate of drug-likeness (QED) is 0.681. The molecule has 0 fully saturated rings. The van der Waals surface area contributed by atoms with Crippen molar-refractivity contribution in [3.8, 4) is 5.88 Å². The molecule has 0 bridgehead atoms. The molecule has 3 aromatic rings. The van der Waals surface area contributed by atoms with Gasteiger partial charge < -0.3 is 10.1 Å². The third kappa shape index (κ3) is 4.67. The number of carbonyl (C=O) groups is 1. The monoisotopic (exact) mass is 406 g/mol. The summed E-state index contributed by atoms with van der Waals surface area (Å²) in [5.41, 5.74) is 0.444. The molecular weight excluding hydrogens is 385 g/mol. The first-order valence-electron chi connectivity index (χ1n) is 9.06. The van der Waals surface area contributed by atoms with Gasteiger partial charge in [0.2, 0.25) is 5.88 Å². The van der Waals surface area contributed by atoms with E-state index in [9.17, 15) is 18.0 Å². The number of ether oxygens (including phenoxy) is 1. The number of halogens is 3. The lowest BCUT2D eigenvalue weighted by atomic mass is 10.1. The van der Waals surface area contributed by atoms with Crippen molar-refractivity contribution in [2.24, 2.45) is 7.05 Å². The number of carbonyl (C=O) groups excluding carboxylic acids is 1. The maximum atomic E-state index is 13.5. The Morgan fingerprint density at radius 1 is 1.28 bits per heavy atom. The van der Waals surface area contributed by atoms with Crippen LogP contribution < -0.4 is 10.1 Å². The highest BCUT2D eigenvalue weighted by molar-refractivity contribution is 5.84. The van der Waals surface area contributed by atoms with Crippen molar-refractivity contribution >= 4 is 16.9 Å². The van der Waals surface area contributed by atoms with E-state index in [1.54, 1.807) is 0 Å². The number of aryl methyl sites for hydroxylation is 2. The van der Waals surface area contributed by atoms with Gasteiger partial charge in [-0.1, -0.05) is 30.3 Å². The van der Waals surface area contributed by atoms with Crippen LogP contribution in [0.3, 0.4) is 0 Å². The molecule has 0 radical (unpaired) electrons. The Kier molecular flexibility index (Phi) is 5.76. The molecule has 2 aromatic heterocycles. The van der Waals surface area contributed by atoms with E-state index < -0.39 is 23.8 Å². The average molecular weight is 406 g/mol. The standard InChI is InChI=1S/C20H21F3N4O2/c1-12-17-15(20(21,22)23)11-16(25-18(17)27(3)26-12)29-13(2)19(28)24-10-9-14-7-5-4-6-8-14/h4-8,11,13H,9-10H2,1-3H3,(H,24,28). The Labute approximate surface area is 165 Å². The zero-order valence-electron chi connectivity index (χ0n) is 16.2. The van der Waals surface area contributed by atoms with Gasteiger partial charge in [-0.05, 0) is 25.8 Å². The molecule has 6 nitrogen and oxygen atoms in total. The van der Waals surface area contributed by atoms with Crippen molar-refractivity contribution in [1.29, 1.82) is 0 Å². The molecule has 0 aliphatic carbocycles. The lowest BCUT2D eigenvalue weighted by Crippen LogP contribution is -2.37. The van der Waals surface area contributed by atoms with Crippen LogP contribution in [-0.4, -0.2) is 33.3 Å². The molecule has 0 aliphatic rings. The van der Waals surface area contributed by atoms with E-state index in [0.717, 1.165) is 11.6 Å². The van der Waals surface area contributed by atoms with Crippen LogP contribution in [0, 0.1) is 6.92 Å². The maximum Gasteiger partial charge on any atom is 0.417 e. The summed E-state index contributed by atoms with van der Waals surface area (Å²) in [6.45, 7) is 3.34. The topological polar surface area (TPSA) is 69.0 Å². The zero-order chi connectivity index (χ0) is 21.2. The van der Waals surface area contributed by atoms with Crippen LogP contribution in [0.2, 0.25) is 0 Å². The van der Waals surface area contributed by atoms with Gasteiger partial charge >= 0.3 is 6.18 Å². The Morgan fingerprint density at radius 2 is 1.97 bits per heavy atom. The summed E-state index contributed by atoms with van der Waals surface area (Å²) in [5.74, 6) is -0.712. The van der Waals surface area contributed by atoms with E-state index in [-0.39, 0.29) is 22.6 Å². The van der Waals surface area contributed by atoms with E-state index in [4.69, 9.17) is 4.74 Å². The predicted octanol–water partition coefficient (Wildman–Crippen LogP) is 3.42. The second-order valence-electron chi connectivity index (χ2n) is 6.70. The number of rotatable bonds is 6. The fourth-order valence-corrected chi connectivity index (χ4v) is 3.06. The summed E-state index contributed by atoms with van der Waals surface area (Å²) >= 11 is 0. The first-order valence-corrected chi connectivity index (χ1v) is 9.06. The van der Waals surface area contributed by atoms with Gasteiger partial charge in [0.1, 0.15) is 0 Å². The van der Waals surface area contributed by atoms with E-state index in [2.05, 4.69) is 15.4 Å². The molecule has 3 rings (SSSR count). The molecule has 29 heavy (non-hydrogen) atoms. The highest BCUT2D eigenvalue weighted by Crippen LogP contribution is 2.37. The lowest BCUT2D eigenvalue weighted by Gasteiger charge is -2.16. The molecule has 1 unspecified atom stereocenters. The number of alkyl halides is 3. The van der Waals surface area contributed by atoms with Gasteiger partial charge in [-0.3, -0.25) is 9.48 Å².